The average molecular weight is 445 g/mol. The van der Waals surface area contributed by atoms with E-state index >= 15 is 0 Å². The van der Waals surface area contributed by atoms with E-state index in [9.17, 15) is 5.11 Å². The Balaban J connectivity index is 1.27. The Labute approximate surface area is 195 Å². The molecule has 0 unspecified atom stereocenters. The zero-order valence-electron chi connectivity index (χ0n) is 19.3. The van der Waals surface area contributed by atoms with Gasteiger partial charge in [0.15, 0.2) is 5.82 Å². The van der Waals surface area contributed by atoms with Crippen LogP contribution in [0.2, 0.25) is 0 Å². The molecule has 0 amide bonds. The first-order valence-electron chi connectivity index (χ1n) is 12.0. The van der Waals surface area contributed by atoms with Crippen LogP contribution < -0.4 is 4.90 Å². The fraction of sp³-hybridized carbons (Fsp3) is 0.407. The maximum absolute atomic E-state index is 10.9. The summed E-state index contributed by atoms with van der Waals surface area (Å²) in [5, 5.41) is 13.2. The summed E-state index contributed by atoms with van der Waals surface area (Å²) in [6.07, 6.45) is 3.51. The van der Waals surface area contributed by atoms with Crippen LogP contribution >= 0.6 is 0 Å². The largest absolute Gasteiger partial charge is 0.387 e. The third-order valence-electron chi connectivity index (χ3n) is 6.63. The number of anilines is 1. The van der Waals surface area contributed by atoms with Gasteiger partial charge in [-0.25, -0.2) is 9.97 Å². The summed E-state index contributed by atoms with van der Waals surface area (Å²) in [6.45, 7) is 7.70. The van der Waals surface area contributed by atoms with Gasteiger partial charge in [-0.1, -0.05) is 49.4 Å². The van der Waals surface area contributed by atoms with Gasteiger partial charge in [0.25, 0.3) is 0 Å². The molecule has 0 saturated carbocycles. The highest BCUT2D eigenvalue weighted by atomic mass is 16.5. The van der Waals surface area contributed by atoms with Gasteiger partial charge in [-0.15, -0.1) is 0 Å². The van der Waals surface area contributed by atoms with Gasteiger partial charge >= 0.3 is 0 Å². The fourth-order valence-electron chi connectivity index (χ4n) is 4.61. The van der Waals surface area contributed by atoms with Crippen LogP contribution in [0.15, 0.2) is 54.6 Å². The van der Waals surface area contributed by atoms with Crippen molar-refractivity contribution in [3.63, 3.8) is 0 Å². The molecule has 1 saturated heterocycles. The summed E-state index contributed by atoms with van der Waals surface area (Å²) in [5.41, 5.74) is 3.26. The Morgan fingerprint density at radius 1 is 1.00 bits per heavy atom. The predicted molar refractivity (Wildman–Crippen MR) is 132 cm³/mol. The second-order valence-corrected chi connectivity index (χ2v) is 8.86. The predicted octanol–water partition coefficient (Wildman–Crippen LogP) is 3.85. The molecule has 33 heavy (non-hydrogen) atoms. The highest BCUT2D eigenvalue weighted by molar-refractivity contribution is 5.83. The number of nitrogens with zero attached hydrogens (tertiary/aromatic N) is 4. The van der Waals surface area contributed by atoms with Crippen LogP contribution in [0, 0.1) is 0 Å². The Morgan fingerprint density at radius 2 is 1.82 bits per heavy atom. The number of ether oxygens (including phenoxy) is 1. The van der Waals surface area contributed by atoms with Crippen LogP contribution in [0.1, 0.15) is 36.5 Å². The lowest BCUT2D eigenvalue weighted by Gasteiger charge is -2.30. The average Bonchev–Trinajstić information content (AvgIpc) is 2.89. The molecular weight excluding hydrogens is 412 g/mol. The smallest absolute Gasteiger partial charge is 0.157 e. The molecule has 2 aliphatic heterocycles. The van der Waals surface area contributed by atoms with Crippen LogP contribution in [0.25, 0.3) is 16.3 Å². The van der Waals surface area contributed by atoms with Crippen molar-refractivity contribution < 1.29 is 9.84 Å². The lowest BCUT2D eigenvalue weighted by atomic mass is 10.0. The third kappa shape index (κ3) is 5.08. The van der Waals surface area contributed by atoms with Gasteiger partial charge in [0.2, 0.25) is 0 Å². The summed E-state index contributed by atoms with van der Waals surface area (Å²) < 4.78 is 5.50. The molecule has 0 spiro atoms. The summed E-state index contributed by atoms with van der Waals surface area (Å²) in [4.78, 5) is 14.3. The molecule has 172 valence electrons. The molecule has 1 atom stereocenters. The first kappa shape index (κ1) is 22.0. The second-order valence-electron chi connectivity index (χ2n) is 8.86. The zero-order chi connectivity index (χ0) is 22.6. The molecule has 2 aliphatic rings. The lowest BCUT2D eigenvalue weighted by molar-refractivity contribution is 0.119. The molecule has 1 N–H and O–H groups in total. The number of β-amino-alcohol motifs (C(OH)–C–C–N with tert-alkyl or cyclic N) is 1. The third-order valence-corrected chi connectivity index (χ3v) is 6.63. The highest BCUT2D eigenvalue weighted by Crippen LogP contribution is 2.26. The van der Waals surface area contributed by atoms with E-state index in [1.165, 1.54) is 16.3 Å². The van der Waals surface area contributed by atoms with Crippen molar-refractivity contribution in [2.45, 2.75) is 25.9 Å². The Morgan fingerprint density at radius 3 is 2.58 bits per heavy atom. The second kappa shape index (κ2) is 10.00. The molecular formula is C27H32N4O2. The fourth-order valence-corrected chi connectivity index (χ4v) is 4.61. The monoisotopic (exact) mass is 444 g/mol. The van der Waals surface area contributed by atoms with Crippen molar-refractivity contribution in [2.75, 3.05) is 50.8 Å². The van der Waals surface area contributed by atoms with Gasteiger partial charge in [0.1, 0.15) is 5.82 Å². The van der Waals surface area contributed by atoms with Crippen molar-refractivity contribution in [2.24, 2.45) is 0 Å². The van der Waals surface area contributed by atoms with Crippen LogP contribution in [-0.4, -0.2) is 65.9 Å². The van der Waals surface area contributed by atoms with Crippen LogP contribution in [0.3, 0.4) is 0 Å². The van der Waals surface area contributed by atoms with Crippen molar-refractivity contribution >= 4 is 22.2 Å². The number of rotatable bonds is 6. The SMILES string of the molecule is CCc1cc(N2CCOCC2)nc(C2=CCN(C[C@H](O)c3ccc4ccccc4c3)CC2)n1. The summed E-state index contributed by atoms with van der Waals surface area (Å²) in [7, 11) is 0. The zero-order valence-corrected chi connectivity index (χ0v) is 19.3. The normalized spacial score (nSPS) is 18.4. The van der Waals surface area contributed by atoms with Crippen molar-refractivity contribution in [1.82, 2.24) is 14.9 Å². The lowest BCUT2D eigenvalue weighted by Crippen LogP contribution is -2.37. The molecule has 5 rings (SSSR count). The number of fused-ring (bicyclic) bond motifs is 1. The maximum Gasteiger partial charge on any atom is 0.157 e. The molecule has 6 nitrogen and oxygen atoms in total. The van der Waals surface area contributed by atoms with E-state index in [1.807, 2.05) is 18.2 Å². The summed E-state index contributed by atoms with van der Waals surface area (Å²) in [5.74, 6) is 1.86. The first-order chi connectivity index (χ1) is 16.2. The molecule has 0 aliphatic carbocycles. The van der Waals surface area contributed by atoms with Gasteiger partial charge < -0.3 is 14.7 Å². The summed E-state index contributed by atoms with van der Waals surface area (Å²) in [6, 6.07) is 16.6. The van der Waals surface area contributed by atoms with Crippen molar-refractivity contribution in [3.05, 3.63) is 71.7 Å². The molecule has 3 heterocycles. The number of aryl methyl sites for hydroxylation is 1. The van der Waals surface area contributed by atoms with Crippen molar-refractivity contribution in [3.8, 4) is 0 Å². The minimum atomic E-state index is -0.503. The standard InChI is InChI=1S/C27H32N4O2/c1-2-24-18-26(31-13-15-33-16-14-31)29-27(28-24)21-9-11-30(12-10-21)19-25(32)23-8-7-20-5-3-4-6-22(20)17-23/h3-9,17-18,25,32H,2,10-16,19H2,1H3/t25-/m0/s1. The molecule has 1 aromatic heterocycles. The molecule has 0 bridgehead atoms. The van der Waals surface area contributed by atoms with Gasteiger partial charge in [0, 0.05) is 44.5 Å². The highest BCUT2D eigenvalue weighted by Gasteiger charge is 2.21. The van der Waals surface area contributed by atoms with Crippen LogP contribution in [0.5, 0.6) is 0 Å². The van der Waals surface area contributed by atoms with Gasteiger partial charge in [-0.2, -0.15) is 0 Å². The van der Waals surface area contributed by atoms with E-state index in [-0.39, 0.29) is 0 Å². The Kier molecular flexibility index (Phi) is 6.67. The van der Waals surface area contributed by atoms with E-state index in [1.54, 1.807) is 0 Å². The van der Waals surface area contributed by atoms with E-state index in [0.29, 0.717) is 6.54 Å². The minimum Gasteiger partial charge on any atom is -0.387 e. The summed E-state index contributed by atoms with van der Waals surface area (Å²) >= 11 is 0. The topological polar surface area (TPSA) is 61.7 Å². The van der Waals surface area contributed by atoms with Crippen molar-refractivity contribution in [1.29, 1.82) is 0 Å². The molecule has 1 fully saturated rings. The number of hydrogen-bond acceptors (Lipinski definition) is 6. The van der Waals surface area contributed by atoms with Gasteiger partial charge in [-0.05, 0) is 40.8 Å². The minimum absolute atomic E-state index is 0.503. The number of hydrogen-bond donors (Lipinski definition) is 1. The number of morpholine rings is 1. The number of benzene rings is 2. The maximum atomic E-state index is 10.9. The first-order valence-corrected chi connectivity index (χ1v) is 12.0. The van der Waals surface area contributed by atoms with E-state index < -0.39 is 6.10 Å². The molecule has 6 heteroatoms. The molecule has 0 radical (unpaired) electrons. The Bertz CT molecular complexity index is 1140. The van der Waals surface area contributed by atoms with Gasteiger partial charge in [0.05, 0.1) is 19.3 Å². The van der Waals surface area contributed by atoms with E-state index in [4.69, 9.17) is 14.7 Å². The van der Waals surface area contributed by atoms with Gasteiger partial charge in [-0.3, -0.25) is 4.90 Å². The van der Waals surface area contributed by atoms with Crippen LogP contribution in [-0.2, 0) is 11.2 Å². The number of aliphatic hydroxyl groups is 1. The van der Waals surface area contributed by atoms with E-state index in [2.05, 4.69) is 53.1 Å². The molecule has 3 aromatic rings. The number of aliphatic hydroxyl groups excluding tert-OH is 1. The number of aromatic nitrogens is 2. The van der Waals surface area contributed by atoms with E-state index in [0.717, 1.165) is 75.1 Å². The Hall–Kier alpha value is -2.80. The molecule has 2 aromatic carbocycles. The van der Waals surface area contributed by atoms with Crippen LogP contribution in [0.4, 0.5) is 5.82 Å². The quantitative estimate of drug-likeness (QED) is 0.623.